The average molecular weight is 406 g/mol. The summed E-state index contributed by atoms with van der Waals surface area (Å²) in [5.74, 6) is -13.3. The van der Waals surface area contributed by atoms with E-state index in [9.17, 15) is 35.9 Å². The quantitative estimate of drug-likeness (QED) is 0.388. The van der Waals surface area contributed by atoms with E-state index in [0.29, 0.717) is 0 Å². The van der Waals surface area contributed by atoms with E-state index in [4.69, 9.17) is 0 Å². The molecule has 5 nitrogen and oxygen atoms in total. The van der Waals surface area contributed by atoms with Crippen molar-refractivity contribution < 1.29 is 40.8 Å². The first-order chi connectivity index (χ1) is 13.1. The van der Waals surface area contributed by atoms with Crippen LogP contribution in [0.1, 0.15) is 0 Å². The van der Waals surface area contributed by atoms with Crippen LogP contribution in [0.4, 0.5) is 37.7 Å². The molecule has 0 aliphatic carbocycles. The van der Waals surface area contributed by atoms with E-state index in [1.54, 1.807) is 5.32 Å². The lowest BCUT2D eigenvalue weighted by Crippen LogP contribution is -3.11. The second-order valence-electron chi connectivity index (χ2n) is 5.86. The van der Waals surface area contributed by atoms with Crippen LogP contribution in [0.3, 0.4) is 0 Å². The maximum absolute atomic E-state index is 13.5. The lowest BCUT2D eigenvalue weighted by Gasteiger charge is -2.14. The first-order valence-corrected chi connectivity index (χ1v) is 7.78. The maximum atomic E-state index is 13.5. The van der Waals surface area contributed by atoms with E-state index in [0.717, 1.165) is 6.07 Å². The molecule has 0 saturated heterocycles. The molecule has 0 spiro atoms. The Morgan fingerprint density at radius 3 is 1.86 bits per heavy atom. The van der Waals surface area contributed by atoms with Crippen LogP contribution in [0.15, 0.2) is 24.3 Å². The third-order valence-corrected chi connectivity index (χ3v) is 3.51. The number of likely N-dealkylation sites (N-methyl/N-ethyl adjacent to an activating group) is 1. The third-order valence-electron chi connectivity index (χ3n) is 3.51. The molecule has 0 heterocycles. The summed E-state index contributed by atoms with van der Waals surface area (Å²) < 4.78 is 79.4. The predicted molar refractivity (Wildman–Crippen MR) is 86.5 cm³/mol. The van der Waals surface area contributed by atoms with Gasteiger partial charge in [-0.1, -0.05) is 6.07 Å². The summed E-state index contributed by atoms with van der Waals surface area (Å²) in [5, 5.41) is 3.99. The number of quaternary nitrogens is 1. The number of nitrogens with one attached hydrogen (secondary N) is 3. The van der Waals surface area contributed by atoms with Gasteiger partial charge in [0.05, 0.1) is 7.05 Å². The molecule has 0 radical (unpaired) electrons. The third kappa shape index (κ3) is 5.00. The Labute approximate surface area is 154 Å². The van der Waals surface area contributed by atoms with Crippen molar-refractivity contribution in [2.75, 3.05) is 30.8 Å². The minimum atomic E-state index is -2.34. The van der Waals surface area contributed by atoms with Crippen molar-refractivity contribution in [1.29, 1.82) is 0 Å². The highest BCUT2D eigenvalue weighted by Crippen LogP contribution is 2.26. The zero-order valence-corrected chi connectivity index (χ0v) is 14.3. The van der Waals surface area contributed by atoms with Crippen LogP contribution in [-0.2, 0) is 9.59 Å². The van der Waals surface area contributed by atoms with Crippen molar-refractivity contribution in [2.45, 2.75) is 0 Å². The summed E-state index contributed by atoms with van der Waals surface area (Å²) in [4.78, 5) is 23.9. The van der Waals surface area contributed by atoms with Gasteiger partial charge >= 0.3 is 0 Å². The molecule has 0 aliphatic rings. The fourth-order valence-corrected chi connectivity index (χ4v) is 2.28. The molecular weight excluding hydrogens is 392 g/mol. The molecule has 11 heteroatoms. The van der Waals surface area contributed by atoms with Crippen molar-refractivity contribution in [1.82, 2.24) is 0 Å². The van der Waals surface area contributed by atoms with E-state index in [1.807, 2.05) is 0 Å². The Balaban J connectivity index is 1.97. The van der Waals surface area contributed by atoms with Gasteiger partial charge in [0.25, 0.3) is 11.8 Å². The molecule has 0 aliphatic heterocycles. The van der Waals surface area contributed by atoms with Gasteiger partial charge in [-0.05, 0) is 18.2 Å². The van der Waals surface area contributed by atoms with E-state index in [-0.39, 0.29) is 17.1 Å². The standard InChI is InChI=1S/C17H13F6N3O2/c1-26(6-10(27)24-9-4-2-3-8(18)5-9)7-11(28)25-17-15(22)13(20)12(19)14(21)16(17)23/h2-5H,6-7H2,1H3,(H,24,27)(H,25,28)/p+1. The summed E-state index contributed by atoms with van der Waals surface area (Å²) in [6.07, 6.45) is 0. The minimum Gasteiger partial charge on any atom is -0.322 e. The molecule has 150 valence electrons. The van der Waals surface area contributed by atoms with E-state index in [2.05, 4.69) is 5.32 Å². The SMILES string of the molecule is C[NH+](CC(=O)Nc1cccc(F)c1)CC(=O)Nc1c(F)c(F)c(F)c(F)c1F. The van der Waals surface area contributed by atoms with Crippen molar-refractivity contribution in [3.05, 3.63) is 59.2 Å². The Kier molecular flexibility index (Phi) is 6.62. The number of carbonyl (C=O) groups is 2. The van der Waals surface area contributed by atoms with Gasteiger partial charge in [0, 0.05) is 5.69 Å². The van der Waals surface area contributed by atoms with E-state index < -0.39 is 58.9 Å². The first-order valence-electron chi connectivity index (χ1n) is 7.78. The Bertz CT molecular complexity index is 893. The Hall–Kier alpha value is -3.08. The molecule has 0 fully saturated rings. The number of hydrogen-bond acceptors (Lipinski definition) is 2. The predicted octanol–water partition coefficient (Wildman–Crippen LogP) is 1.61. The molecule has 1 unspecified atom stereocenters. The van der Waals surface area contributed by atoms with Crippen molar-refractivity contribution in [2.24, 2.45) is 0 Å². The van der Waals surface area contributed by atoms with Gasteiger partial charge in [0.1, 0.15) is 11.5 Å². The van der Waals surface area contributed by atoms with Crippen LogP contribution in [-0.4, -0.2) is 32.0 Å². The van der Waals surface area contributed by atoms with Crippen LogP contribution in [0, 0.1) is 34.9 Å². The molecule has 1 atom stereocenters. The molecular formula is C17H14F6N3O2+. The molecule has 0 saturated carbocycles. The molecule has 0 aromatic heterocycles. The second-order valence-corrected chi connectivity index (χ2v) is 5.86. The number of carbonyl (C=O) groups excluding carboxylic acids is 2. The Morgan fingerprint density at radius 2 is 1.32 bits per heavy atom. The maximum Gasteiger partial charge on any atom is 0.279 e. The number of benzene rings is 2. The van der Waals surface area contributed by atoms with Crippen LogP contribution in [0.2, 0.25) is 0 Å². The van der Waals surface area contributed by atoms with Gasteiger partial charge < -0.3 is 15.5 Å². The first kappa shape index (κ1) is 21.2. The normalized spacial score (nSPS) is 11.8. The minimum absolute atomic E-state index is 0.184. The lowest BCUT2D eigenvalue weighted by molar-refractivity contribution is -0.862. The zero-order valence-electron chi connectivity index (χ0n) is 14.3. The fraction of sp³-hybridized carbons (Fsp3) is 0.176. The zero-order chi connectivity index (χ0) is 21.0. The molecule has 2 amide bonds. The highest BCUT2D eigenvalue weighted by atomic mass is 19.2. The van der Waals surface area contributed by atoms with Gasteiger partial charge in [0.2, 0.25) is 5.82 Å². The smallest absolute Gasteiger partial charge is 0.279 e. The summed E-state index contributed by atoms with van der Waals surface area (Å²) >= 11 is 0. The number of rotatable bonds is 6. The van der Waals surface area contributed by atoms with Crippen LogP contribution in [0.5, 0.6) is 0 Å². The summed E-state index contributed by atoms with van der Waals surface area (Å²) in [6, 6.07) is 5.06. The van der Waals surface area contributed by atoms with Gasteiger partial charge in [-0.25, -0.2) is 26.3 Å². The van der Waals surface area contributed by atoms with Gasteiger partial charge in [0.15, 0.2) is 36.4 Å². The summed E-state index contributed by atoms with van der Waals surface area (Å²) in [6.45, 7) is -0.808. The monoisotopic (exact) mass is 406 g/mol. The lowest BCUT2D eigenvalue weighted by atomic mass is 10.2. The van der Waals surface area contributed by atoms with Gasteiger partial charge in [-0.2, -0.15) is 0 Å². The largest absolute Gasteiger partial charge is 0.322 e. The van der Waals surface area contributed by atoms with E-state index in [1.165, 1.54) is 25.2 Å². The second kappa shape index (κ2) is 8.74. The van der Waals surface area contributed by atoms with Gasteiger partial charge in [-0.3, -0.25) is 9.59 Å². The molecule has 2 aromatic rings. The molecule has 2 aromatic carbocycles. The van der Waals surface area contributed by atoms with Crippen LogP contribution < -0.4 is 15.5 Å². The van der Waals surface area contributed by atoms with Crippen LogP contribution >= 0.6 is 0 Å². The number of amides is 2. The molecule has 28 heavy (non-hydrogen) atoms. The van der Waals surface area contributed by atoms with Crippen molar-refractivity contribution in [3.63, 3.8) is 0 Å². The molecule has 0 bridgehead atoms. The van der Waals surface area contributed by atoms with Crippen molar-refractivity contribution >= 4 is 23.2 Å². The molecule has 3 N–H and O–H groups in total. The average Bonchev–Trinajstić information content (AvgIpc) is 2.61. The highest BCUT2D eigenvalue weighted by Gasteiger charge is 2.27. The topological polar surface area (TPSA) is 62.6 Å². The van der Waals surface area contributed by atoms with Gasteiger partial charge in [-0.15, -0.1) is 0 Å². The van der Waals surface area contributed by atoms with Crippen LogP contribution in [0.25, 0.3) is 0 Å². The molecule has 2 rings (SSSR count). The highest BCUT2D eigenvalue weighted by molar-refractivity contribution is 5.93. The van der Waals surface area contributed by atoms with Crippen molar-refractivity contribution in [3.8, 4) is 0 Å². The number of halogens is 6. The number of hydrogen-bond donors (Lipinski definition) is 3. The fourth-order valence-electron chi connectivity index (χ4n) is 2.28. The Morgan fingerprint density at radius 1 is 0.821 bits per heavy atom. The summed E-state index contributed by atoms with van der Waals surface area (Å²) in [7, 11) is 1.38. The summed E-state index contributed by atoms with van der Waals surface area (Å²) in [5.41, 5.74) is -1.29. The number of anilines is 2. The van der Waals surface area contributed by atoms with E-state index >= 15 is 0 Å².